The van der Waals surface area contributed by atoms with Gasteiger partial charge in [-0.1, -0.05) is 0 Å². The van der Waals surface area contributed by atoms with Crippen LogP contribution in [0.25, 0.3) is 21.8 Å². The molecule has 4 N–H and O–H groups in total. The minimum Gasteiger partial charge on any atom is -0.490 e. The number of aliphatic hydroxyl groups is 1. The number of rotatable bonds is 9. The summed E-state index contributed by atoms with van der Waals surface area (Å²) in [6.45, 7) is -0.227. The number of benzene rings is 2. The normalized spacial score (nSPS) is 18.9. The monoisotopic (exact) mass is 642 g/mol. The van der Waals surface area contributed by atoms with Crippen molar-refractivity contribution in [2.45, 2.75) is 43.1 Å². The van der Waals surface area contributed by atoms with Crippen molar-refractivity contribution in [3.8, 4) is 33.3 Å². The van der Waals surface area contributed by atoms with Gasteiger partial charge in [0.05, 0.1) is 23.9 Å². The topological polar surface area (TPSA) is 137 Å². The van der Waals surface area contributed by atoms with Crippen LogP contribution in [0.5, 0.6) is 11.5 Å². The van der Waals surface area contributed by atoms with Gasteiger partial charge in [0.2, 0.25) is 11.5 Å². The molecule has 9 nitrogen and oxygen atoms in total. The number of carbonyl (C=O) groups is 2. The molecule has 1 saturated carbocycles. The van der Waals surface area contributed by atoms with Gasteiger partial charge in [-0.05, 0) is 68.3 Å². The summed E-state index contributed by atoms with van der Waals surface area (Å²) in [7, 11) is 0. The molecule has 1 fully saturated rings. The van der Waals surface area contributed by atoms with Crippen molar-refractivity contribution in [3.05, 3.63) is 82.7 Å². The van der Waals surface area contributed by atoms with E-state index in [4.69, 9.17) is 15.2 Å². The van der Waals surface area contributed by atoms with E-state index < -0.39 is 47.1 Å². The molecule has 0 saturated heterocycles. The second kappa shape index (κ2) is 11.1. The number of aromatic nitrogens is 2. The highest BCUT2D eigenvalue weighted by molar-refractivity contribution is 7.13. The Bertz CT molecular complexity index is 1780. The highest BCUT2D eigenvalue weighted by Gasteiger charge is 2.57. The summed E-state index contributed by atoms with van der Waals surface area (Å²) in [5.74, 6) is -1.92. The van der Waals surface area contributed by atoms with Gasteiger partial charge in [0.15, 0.2) is 0 Å². The van der Waals surface area contributed by atoms with Crippen LogP contribution in [0.4, 0.5) is 17.6 Å². The number of alkyl halides is 3. The number of carbonyl (C=O) groups excluding carboxylic acids is 2. The van der Waals surface area contributed by atoms with Crippen LogP contribution in [0.1, 0.15) is 41.4 Å². The second-order valence-electron chi connectivity index (χ2n) is 11.1. The molecule has 45 heavy (non-hydrogen) atoms. The number of amides is 2. The third-order valence-corrected chi connectivity index (χ3v) is 8.66. The number of hydrogen-bond donors (Lipinski definition) is 3. The number of halogens is 4. The molecule has 0 radical (unpaired) electrons. The Morgan fingerprint density at radius 2 is 1.91 bits per heavy atom. The lowest BCUT2D eigenvalue weighted by atomic mass is 9.81. The number of ether oxygens (including phenoxy) is 2. The Balaban J connectivity index is 1.37. The molecule has 2 atom stereocenters. The van der Waals surface area contributed by atoms with Gasteiger partial charge in [0.25, 0.3) is 5.91 Å². The average molecular weight is 643 g/mol. The molecule has 1 aliphatic heterocycles. The van der Waals surface area contributed by atoms with Gasteiger partial charge in [-0.15, -0.1) is 11.3 Å². The van der Waals surface area contributed by atoms with Gasteiger partial charge in [0, 0.05) is 28.3 Å². The van der Waals surface area contributed by atoms with Crippen molar-refractivity contribution in [1.29, 1.82) is 0 Å². The first-order valence-corrected chi connectivity index (χ1v) is 14.7. The van der Waals surface area contributed by atoms with Gasteiger partial charge >= 0.3 is 6.18 Å². The summed E-state index contributed by atoms with van der Waals surface area (Å²) >= 11 is 1.30. The first kappa shape index (κ1) is 30.5. The number of pyridine rings is 1. The molecule has 4 aromatic rings. The van der Waals surface area contributed by atoms with E-state index in [0.717, 1.165) is 31.0 Å². The number of nitrogens with one attached hydrogen (secondary N) is 1. The zero-order valence-corrected chi connectivity index (χ0v) is 24.5. The van der Waals surface area contributed by atoms with E-state index in [9.17, 15) is 32.3 Å². The molecule has 0 unspecified atom stereocenters. The summed E-state index contributed by atoms with van der Waals surface area (Å²) in [4.78, 5) is 34.0. The molecule has 0 spiro atoms. The predicted octanol–water partition coefficient (Wildman–Crippen LogP) is 4.87. The fraction of sp³-hybridized carbons (Fsp3) is 0.290. The van der Waals surface area contributed by atoms with E-state index in [0.29, 0.717) is 16.3 Å². The van der Waals surface area contributed by atoms with E-state index in [1.165, 1.54) is 42.5 Å². The molecule has 2 amide bonds. The van der Waals surface area contributed by atoms with Gasteiger partial charge in [-0.25, -0.2) is 14.4 Å². The van der Waals surface area contributed by atoms with Crippen LogP contribution in [0.2, 0.25) is 0 Å². The SMILES string of the molecule is C[C@]1(C(N)=O)COc2c1cc([C@@](O)(CNC(=O)c1ccc(OC3CC3)c(-c3nccs3)c1)C(F)(F)F)nc2-c1ccc(F)cc1. The summed E-state index contributed by atoms with van der Waals surface area (Å²) in [6.07, 6.45) is -1.95. The molecule has 234 valence electrons. The molecule has 1 aliphatic carbocycles. The van der Waals surface area contributed by atoms with Crippen molar-refractivity contribution in [2.75, 3.05) is 13.2 Å². The highest BCUT2D eigenvalue weighted by atomic mass is 32.1. The van der Waals surface area contributed by atoms with Gasteiger partial charge in [0.1, 0.15) is 40.0 Å². The molecule has 2 aliphatic rings. The Hall–Kier alpha value is -4.56. The highest BCUT2D eigenvalue weighted by Crippen LogP contribution is 2.48. The minimum atomic E-state index is -5.35. The van der Waals surface area contributed by atoms with Crippen molar-refractivity contribution in [3.63, 3.8) is 0 Å². The standard InChI is InChI=1S/C31H26F4N4O5S/c1-29(28(36)41)15-43-25-21(29)13-23(39-24(25)16-2-5-18(32)6-3-16)30(42,31(33,34)35)14-38-26(40)17-4-9-22(44-19-7-8-19)20(12-17)27-37-10-11-45-27/h2-6,9-13,19,42H,7-8,14-15H2,1H3,(H2,36,41)(H,38,40)/t29-,30-/m0/s1. The number of thiazole rings is 1. The largest absolute Gasteiger partial charge is 0.490 e. The van der Waals surface area contributed by atoms with Crippen molar-refractivity contribution in [2.24, 2.45) is 5.73 Å². The number of nitrogens with two attached hydrogens (primary N) is 1. The quantitative estimate of drug-likeness (QED) is 0.222. The molecule has 14 heteroatoms. The predicted molar refractivity (Wildman–Crippen MR) is 155 cm³/mol. The van der Waals surface area contributed by atoms with Gasteiger partial charge < -0.3 is 25.6 Å². The van der Waals surface area contributed by atoms with E-state index in [1.807, 2.05) is 0 Å². The van der Waals surface area contributed by atoms with Crippen LogP contribution in [0.3, 0.4) is 0 Å². The van der Waals surface area contributed by atoms with Crippen molar-refractivity contribution in [1.82, 2.24) is 15.3 Å². The summed E-state index contributed by atoms with van der Waals surface area (Å²) < 4.78 is 69.5. The maximum atomic E-state index is 14.7. The maximum absolute atomic E-state index is 14.7. The Labute approximate surface area is 258 Å². The summed E-state index contributed by atoms with van der Waals surface area (Å²) in [5.41, 5.74) is -0.107. The first-order valence-electron chi connectivity index (χ1n) is 13.8. The van der Waals surface area contributed by atoms with E-state index in [1.54, 1.807) is 17.6 Å². The van der Waals surface area contributed by atoms with Crippen molar-refractivity contribution < 1.29 is 41.7 Å². The van der Waals surface area contributed by atoms with Crippen LogP contribution >= 0.6 is 11.3 Å². The number of fused-ring (bicyclic) bond motifs is 1. The number of hydrogen-bond acceptors (Lipinski definition) is 8. The van der Waals surface area contributed by atoms with E-state index >= 15 is 0 Å². The molecule has 2 aromatic heterocycles. The molecule has 6 rings (SSSR count). The molecule has 3 heterocycles. The fourth-order valence-electron chi connectivity index (χ4n) is 4.91. The second-order valence-corrected chi connectivity index (χ2v) is 12.0. The first-order chi connectivity index (χ1) is 21.3. The molecule has 2 aromatic carbocycles. The van der Waals surface area contributed by atoms with Crippen LogP contribution in [-0.4, -0.2) is 52.3 Å². The van der Waals surface area contributed by atoms with Crippen molar-refractivity contribution >= 4 is 23.2 Å². The molecular weight excluding hydrogens is 616 g/mol. The van der Waals surface area contributed by atoms with Crippen LogP contribution < -0.4 is 20.5 Å². The third kappa shape index (κ3) is 5.59. The minimum absolute atomic E-state index is 0.0106. The lowest BCUT2D eigenvalue weighted by Gasteiger charge is -2.31. The van der Waals surface area contributed by atoms with Crippen LogP contribution in [0.15, 0.2) is 60.1 Å². The maximum Gasteiger partial charge on any atom is 0.424 e. The Morgan fingerprint density at radius 1 is 1.18 bits per heavy atom. The van der Waals surface area contributed by atoms with Crippen LogP contribution in [-0.2, 0) is 15.8 Å². The number of nitrogens with zero attached hydrogens (tertiary/aromatic N) is 2. The number of primary amides is 1. The fourth-order valence-corrected chi connectivity index (χ4v) is 5.57. The lowest BCUT2D eigenvalue weighted by molar-refractivity contribution is -0.265. The molecular formula is C31H26F4N4O5S. The van der Waals surface area contributed by atoms with Gasteiger partial charge in [-0.2, -0.15) is 13.2 Å². The smallest absolute Gasteiger partial charge is 0.424 e. The van der Waals surface area contributed by atoms with Gasteiger partial charge in [-0.3, -0.25) is 9.59 Å². The molecule has 0 bridgehead atoms. The average Bonchev–Trinajstić information content (AvgIpc) is 3.51. The van der Waals surface area contributed by atoms with E-state index in [2.05, 4.69) is 15.3 Å². The zero-order chi connectivity index (χ0) is 32.1. The van der Waals surface area contributed by atoms with E-state index in [-0.39, 0.29) is 40.8 Å². The Kier molecular flexibility index (Phi) is 7.52. The van der Waals surface area contributed by atoms with Crippen LogP contribution in [0, 0.1) is 5.82 Å². The summed E-state index contributed by atoms with van der Waals surface area (Å²) in [6, 6.07) is 10.0. The Morgan fingerprint density at radius 3 is 2.53 bits per heavy atom. The zero-order valence-electron chi connectivity index (χ0n) is 23.7. The lowest BCUT2D eigenvalue weighted by Crippen LogP contribution is -2.51. The summed E-state index contributed by atoms with van der Waals surface area (Å²) in [5, 5.41) is 15.8. The third-order valence-electron chi connectivity index (χ3n) is 7.85.